The Bertz CT molecular complexity index is 2420. The lowest BCUT2D eigenvalue weighted by Gasteiger charge is -2.24. The lowest BCUT2D eigenvalue weighted by atomic mass is 10.1. The molecule has 0 spiro atoms. The molecule has 0 saturated heterocycles. The van der Waals surface area contributed by atoms with Crippen molar-refractivity contribution in [3.63, 3.8) is 0 Å². The van der Waals surface area contributed by atoms with Crippen LogP contribution in [0.5, 0.6) is 0 Å². The minimum Gasteiger partial charge on any atom is -0.444 e. The highest BCUT2D eigenvalue weighted by Gasteiger charge is 2.31. The van der Waals surface area contributed by atoms with Crippen molar-refractivity contribution in [2.24, 2.45) is 0 Å². The molecule has 288 valence electrons. The van der Waals surface area contributed by atoms with Crippen molar-refractivity contribution in [1.82, 2.24) is 30.2 Å². The van der Waals surface area contributed by atoms with E-state index in [0.29, 0.717) is 17.0 Å². The summed E-state index contributed by atoms with van der Waals surface area (Å²) in [4.78, 5) is 30.0. The number of halogens is 3. The van der Waals surface area contributed by atoms with Gasteiger partial charge in [-0.25, -0.2) is 41.6 Å². The third kappa shape index (κ3) is 9.91. The van der Waals surface area contributed by atoms with E-state index in [0.717, 1.165) is 50.2 Å². The highest BCUT2D eigenvalue weighted by atomic mass is 35.5. The Morgan fingerprint density at radius 3 is 1.65 bits per heavy atom. The van der Waals surface area contributed by atoms with Gasteiger partial charge in [-0.1, -0.05) is 0 Å². The summed E-state index contributed by atoms with van der Waals surface area (Å²) >= 11 is 4.10. The van der Waals surface area contributed by atoms with E-state index in [4.69, 9.17) is 4.74 Å². The zero-order chi connectivity index (χ0) is 38.6. The lowest BCUT2D eigenvalue weighted by molar-refractivity contribution is 0.0286. The monoisotopic (exact) mass is 874 g/mol. The highest BCUT2D eigenvalue weighted by molar-refractivity contribution is 7.95. The Kier molecular flexibility index (Phi) is 14.2. The van der Waals surface area contributed by atoms with Gasteiger partial charge in [-0.15, -0.1) is 57.8 Å². The minimum absolute atomic E-state index is 0. The third-order valence-corrected chi connectivity index (χ3v) is 16.0. The van der Waals surface area contributed by atoms with Crippen molar-refractivity contribution in [2.45, 2.75) is 56.6 Å². The zero-order valence-corrected chi connectivity index (χ0v) is 34.9. The first-order valence-corrected chi connectivity index (χ1v) is 21.7. The maximum absolute atomic E-state index is 14.4. The molecule has 12 nitrogen and oxygen atoms in total. The van der Waals surface area contributed by atoms with Crippen LogP contribution in [-0.2, 0) is 37.5 Å². The first kappa shape index (κ1) is 43.0. The second kappa shape index (κ2) is 17.8. The molecule has 0 radical (unpaired) electrons. The second-order valence-electron chi connectivity index (χ2n) is 12.0. The molecule has 0 atom stereocenters. The molecule has 0 aromatic carbocycles. The van der Waals surface area contributed by atoms with Crippen LogP contribution in [0.15, 0.2) is 89.0 Å². The Labute approximate surface area is 333 Å². The van der Waals surface area contributed by atoms with Crippen molar-refractivity contribution >= 4 is 83.5 Å². The summed E-state index contributed by atoms with van der Waals surface area (Å²) < 4.78 is 85.6. The van der Waals surface area contributed by atoms with Gasteiger partial charge in [-0.3, -0.25) is 0 Å². The molecule has 1 N–H and O–H groups in total. The van der Waals surface area contributed by atoms with Crippen molar-refractivity contribution in [3.8, 4) is 22.3 Å². The number of hydrogen-bond donors (Lipinski definition) is 1. The van der Waals surface area contributed by atoms with E-state index >= 15 is 0 Å². The van der Waals surface area contributed by atoms with E-state index < -0.39 is 43.3 Å². The van der Waals surface area contributed by atoms with Gasteiger partial charge in [0, 0.05) is 81.1 Å². The van der Waals surface area contributed by atoms with E-state index in [1.165, 1.54) is 47.9 Å². The molecule has 0 aliphatic carbocycles. The summed E-state index contributed by atoms with van der Waals surface area (Å²) in [5.41, 5.74) is 0.0788. The number of thiophene rings is 2. The van der Waals surface area contributed by atoms with Crippen LogP contribution in [-0.4, -0.2) is 67.5 Å². The van der Waals surface area contributed by atoms with Gasteiger partial charge < -0.3 is 15.0 Å². The Morgan fingerprint density at radius 1 is 0.778 bits per heavy atom. The fraction of sp³-hybridized carbons (Fsp3) is 0.242. The van der Waals surface area contributed by atoms with Crippen molar-refractivity contribution in [1.29, 1.82) is 0 Å². The molecule has 6 rings (SSSR count). The molecule has 6 aromatic rings. The van der Waals surface area contributed by atoms with Gasteiger partial charge >= 0.3 is 6.09 Å². The fourth-order valence-corrected chi connectivity index (χ4v) is 13.0. The molecule has 0 saturated carbocycles. The smallest absolute Gasteiger partial charge is 0.410 e. The van der Waals surface area contributed by atoms with E-state index in [1.54, 1.807) is 63.8 Å². The second-order valence-corrected chi connectivity index (χ2v) is 20.7. The number of rotatable bonds is 10. The molecule has 0 aliphatic heterocycles. The van der Waals surface area contributed by atoms with Crippen LogP contribution in [0.4, 0.5) is 13.6 Å². The van der Waals surface area contributed by atoms with Crippen LogP contribution >= 0.6 is 57.8 Å². The number of ether oxygens (including phenoxy) is 1. The summed E-state index contributed by atoms with van der Waals surface area (Å²) in [5, 5.41) is 6.12. The van der Waals surface area contributed by atoms with Crippen molar-refractivity contribution in [2.75, 3.05) is 14.1 Å². The van der Waals surface area contributed by atoms with Gasteiger partial charge in [0.25, 0.3) is 0 Å². The molecule has 6 aromatic heterocycles. The van der Waals surface area contributed by atoms with E-state index in [-0.39, 0.29) is 52.7 Å². The molecule has 21 heteroatoms. The van der Waals surface area contributed by atoms with Crippen LogP contribution in [0.1, 0.15) is 30.5 Å². The topological polar surface area (TPSA) is 161 Å². The van der Waals surface area contributed by atoms with Crippen LogP contribution in [0, 0.1) is 11.9 Å². The zero-order valence-electron chi connectivity index (χ0n) is 29.1. The molecule has 0 unspecified atom stereocenters. The summed E-state index contributed by atoms with van der Waals surface area (Å²) in [6.45, 7) is 5.86. The number of carbonyl (C=O) groups is 1. The molecule has 0 fully saturated rings. The van der Waals surface area contributed by atoms with Crippen molar-refractivity contribution in [3.05, 3.63) is 93.6 Å². The largest absolute Gasteiger partial charge is 0.444 e. The number of carbonyl (C=O) groups excluding carboxylic acids is 1. The lowest BCUT2D eigenvalue weighted by Crippen LogP contribution is -2.33. The van der Waals surface area contributed by atoms with Gasteiger partial charge in [0.1, 0.15) is 14.0 Å². The number of nitrogens with one attached hydrogen (secondary N) is 1. The number of aromatic nitrogens is 4. The SMILES string of the molecule is CN(Cc1cc(-c2cccnc2F)c(S(=O)(=O)c2nccs2)s1)C(=O)OC(C)(C)C.CNCc1cc(-c2cccnc2F)c(S(=O)(=O)c2nccs2)s1.Cl. The van der Waals surface area contributed by atoms with Crippen LogP contribution in [0.3, 0.4) is 0 Å². The van der Waals surface area contributed by atoms with E-state index in [2.05, 4.69) is 25.3 Å². The number of sulfone groups is 2. The molecular weight excluding hydrogens is 842 g/mol. The van der Waals surface area contributed by atoms with Gasteiger partial charge in [0.15, 0.2) is 0 Å². The molecule has 54 heavy (non-hydrogen) atoms. The Balaban J connectivity index is 0.000000244. The molecular formula is C33H33ClF2N6O6S6. The van der Waals surface area contributed by atoms with Crippen molar-refractivity contribution < 1.29 is 35.1 Å². The number of hydrogen-bond acceptors (Lipinski definition) is 15. The highest BCUT2D eigenvalue weighted by Crippen LogP contribution is 2.41. The summed E-state index contributed by atoms with van der Waals surface area (Å²) in [7, 11) is -4.43. The molecule has 0 bridgehead atoms. The van der Waals surface area contributed by atoms with Gasteiger partial charge in [-0.05, 0) is 64.2 Å². The number of amides is 1. The first-order chi connectivity index (χ1) is 25.0. The fourth-order valence-electron chi connectivity index (χ4n) is 4.62. The van der Waals surface area contributed by atoms with Crippen LogP contribution < -0.4 is 5.32 Å². The standard InChI is InChI=1S/C19H20FN3O4S3.C14H12FN3O2S3.ClH/c1-19(2,3)27-18(24)23(4)11-12-10-14(13-6-5-7-21-15(13)20)16(29-12)30(25,26)17-22-8-9-28-17;1-16-8-9-7-11(10-3-2-4-17-12(10)15)13(22-9)23(19,20)14-18-5-6-21-14;/h5-10H,11H2,1-4H3;2-7,16H,8H2,1H3;1H. The average molecular weight is 876 g/mol. The van der Waals surface area contributed by atoms with E-state index in [9.17, 15) is 30.4 Å². The normalized spacial score (nSPS) is 11.7. The first-order valence-electron chi connectivity index (χ1n) is 15.4. The predicted octanol–water partition coefficient (Wildman–Crippen LogP) is 7.99. The number of thiazole rings is 2. The van der Waals surface area contributed by atoms with Gasteiger partial charge in [0.2, 0.25) is 40.2 Å². The van der Waals surface area contributed by atoms with Gasteiger partial charge in [0.05, 0.1) is 6.54 Å². The number of nitrogens with zero attached hydrogens (tertiary/aromatic N) is 5. The maximum Gasteiger partial charge on any atom is 0.410 e. The summed E-state index contributed by atoms with van der Waals surface area (Å²) in [5.74, 6) is -1.48. The predicted molar refractivity (Wildman–Crippen MR) is 208 cm³/mol. The summed E-state index contributed by atoms with van der Waals surface area (Å²) in [6.07, 6.45) is 4.90. The molecule has 0 aliphatic rings. The van der Waals surface area contributed by atoms with Gasteiger partial charge in [-0.2, -0.15) is 8.78 Å². The Morgan fingerprint density at radius 2 is 1.24 bits per heavy atom. The summed E-state index contributed by atoms with van der Waals surface area (Å²) in [6, 6.07) is 9.34. The molecule has 6 heterocycles. The molecule has 1 amide bonds. The minimum atomic E-state index is -3.96. The number of pyridine rings is 2. The average Bonchev–Trinajstić information content (AvgIpc) is 3.93. The van der Waals surface area contributed by atoms with E-state index in [1.807, 2.05) is 0 Å². The van der Waals surface area contributed by atoms with Crippen LogP contribution in [0.25, 0.3) is 22.3 Å². The Hall–Kier alpha value is -3.76. The third-order valence-electron chi connectivity index (χ3n) is 6.81. The van der Waals surface area contributed by atoms with Crippen LogP contribution in [0.2, 0.25) is 0 Å². The quantitative estimate of drug-likeness (QED) is 0.133. The maximum atomic E-state index is 14.4.